The van der Waals surface area contributed by atoms with E-state index in [1.165, 1.54) is 22.9 Å². The van der Waals surface area contributed by atoms with Crippen LogP contribution in [-0.4, -0.2) is 21.6 Å². The number of hydrogen-bond acceptors (Lipinski definition) is 4. The largest absolute Gasteiger partial charge is 0.280 e. The van der Waals surface area contributed by atoms with Crippen LogP contribution in [-0.2, 0) is 17.6 Å². The second kappa shape index (κ2) is 7.70. The number of nitrogens with zero attached hydrogens (tertiary/aromatic N) is 3. The fourth-order valence-corrected chi connectivity index (χ4v) is 3.98. The average molecular weight is 361 g/mol. The molecule has 1 amide bonds. The van der Waals surface area contributed by atoms with Crippen LogP contribution in [0.25, 0.3) is 0 Å². The predicted molar refractivity (Wildman–Crippen MR) is 105 cm³/mol. The summed E-state index contributed by atoms with van der Waals surface area (Å²) >= 11 is 1.51. The second-order valence-electron chi connectivity index (χ2n) is 6.12. The van der Waals surface area contributed by atoms with Crippen LogP contribution in [0.2, 0.25) is 0 Å². The topological polar surface area (TPSA) is 46.1 Å². The van der Waals surface area contributed by atoms with Gasteiger partial charge in [-0.15, -0.1) is 0 Å². The zero-order chi connectivity index (χ0) is 17.8. The van der Waals surface area contributed by atoms with E-state index in [0.717, 1.165) is 24.2 Å². The number of thioether (sulfide) groups is 1. The van der Waals surface area contributed by atoms with Crippen LogP contribution in [0.1, 0.15) is 17.5 Å². The number of hydrogen-bond donors (Lipinski definition) is 0. The van der Waals surface area contributed by atoms with Crippen molar-refractivity contribution in [2.24, 2.45) is 0 Å². The van der Waals surface area contributed by atoms with Gasteiger partial charge in [-0.25, -0.2) is 9.97 Å². The van der Waals surface area contributed by atoms with Crippen molar-refractivity contribution >= 4 is 29.0 Å². The van der Waals surface area contributed by atoms with Gasteiger partial charge in [0.1, 0.15) is 0 Å². The van der Waals surface area contributed by atoms with E-state index < -0.39 is 0 Å². The Hall–Kier alpha value is -2.66. The van der Waals surface area contributed by atoms with Crippen molar-refractivity contribution in [3.8, 4) is 0 Å². The van der Waals surface area contributed by atoms with E-state index in [2.05, 4.69) is 22.1 Å². The molecule has 0 unspecified atom stereocenters. The standard InChI is InChI=1S/C21H19N3OS/c25-20(12-15-26-21-22-13-5-14-23-21)24-18-8-3-1-6-16(18)10-11-17-7-2-4-9-19(17)24/h1-9,13-14H,10-12,15H2. The molecule has 1 aliphatic rings. The van der Waals surface area contributed by atoms with Crippen LogP contribution in [0.5, 0.6) is 0 Å². The first-order chi connectivity index (χ1) is 12.8. The number of benzene rings is 2. The minimum absolute atomic E-state index is 0.107. The summed E-state index contributed by atoms with van der Waals surface area (Å²) < 4.78 is 0. The van der Waals surface area contributed by atoms with E-state index in [1.54, 1.807) is 18.5 Å². The highest BCUT2D eigenvalue weighted by atomic mass is 32.2. The Morgan fingerprint density at radius 1 is 0.885 bits per heavy atom. The molecule has 0 fully saturated rings. The van der Waals surface area contributed by atoms with E-state index in [0.29, 0.717) is 17.3 Å². The normalized spacial score (nSPS) is 12.8. The summed E-state index contributed by atoms with van der Waals surface area (Å²) in [5, 5.41) is 0.706. The van der Waals surface area contributed by atoms with Crippen molar-refractivity contribution in [3.63, 3.8) is 0 Å². The van der Waals surface area contributed by atoms with Crippen LogP contribution >= 0.6 is 11.8 Å². The lowest BCUT2D eigenvalue weighted by Crippen LogP contribution is -2.27. The molecule has 130 valence electrons. The van der Waals surface area contributed by atoms with Crippen molar-refractivity contribution in [2.75, 3.05) is 10.7 Å². The lowest BCUT2D eigenvalue weighted by Gasteiger charge is -2.25. The molecule has 26 heavy (non-hydrogen) atoms. The van der Waals surface area contributed by atoms with Gasteiger partial charge in [-0.1, -0.05) is 48.2 Å². The van der Waals surface area contributed by atoms with E-state index in [-0.39, 0.29) is 5.91 Å². The molecule has 0 spiro atoms. The lowest BCUT2D eigenvalue weighted by atomic mass is 10.0. The molecular weight excluding hydrogens is 342 g/mol. The van der Waals surface area contributed by atoms with Crippen molar-refractivity contribution in [3.05, 3.63) is 78.1 Å². The first kappa shape index (κ1) is 16.8. The molecule has 5 heteroatoms. The lowest BCUT2D eigenvalue weighted by molar-refractivity contribution is -0.117. The van der Waals surface area contributed by atoms with E-state index >= 15 is 0 Å². The third-order valence-electron chi connectivity index (χ3n) is 4.47. The highest BCUT2D eigenvalue weighted by Gasteiger charge is 2.25. The molecule has 3 aromatic rings. The second-order valence-corrected chi connectivity index (χ2v) is 7.18. The number of aryl methyl sites for hydroxylation is 2. The quantitative estimate of drug-likeness (QED) is 0.510. The third-order valence-corrected chi connectivity index (χ3v) is 5.34. The third kappa shape index (κ3) is 3.48. The number of carbonyl (C=O) groups excluding carboxylic acids is 1. The van der Waals surface area contributed by atoms with E-state index in [1.807, 2.05) is 41.3 Å². The highest BCUT2D eigenvalue weighted by molar-refractivity contribution is 7.99. The summed E-state index contributed by atoms with van der Waals surface area (Å²) in [6.45, 7) is 0. The number of anilines is 2. The van der Waals surface area contributed by atoms with Gasteiger partial charge < -0.3 is 0 Å². The van der Waals surface area contributed by atoms with Gasteiger partial charge >= 0.3 is 0 Å². The minimum Gasteiger partial charge on any atom is -0.280 e. The summed E-state index contributed by atoms with van der Waals surface area (Å²) in [5.41, 5.74) is 4.44. The zero-order valence-electron chi connectivity index (χ0n) is 14.3. The molecule has 1 aromatic heterocycles. The molecule has 0 aliphatic carbocycles. The van der Waals surface area contributed by atoms with Gasteiger partial charge in [0, 0.05) is 24.6 Å². The maximum atomic E-state index is 13.1. The Morgan fingerprint density at radius 2 is 1.46 bits per heavy atom. The predicted octanol–water partition coefficient (Wildman–Crippen LogP) is 4.42. The van der Waals surface area contributed by atoms with Gasteiger partial charge in [-0.05, 0) is 42.2 Å². The zero-order valence-corrected chi connectivity index (χ0v) is 15.2. The van der Waals surface area contributed by atoms with Crippen LogP contribution in [0.3, 0.4) is 0 Å². The SMILES string of the molecule is O=C(CCSc1ncccn1)N1c2ccccc2CCc2ccccc21. The summed E-state index contributed by atoms with van der Waals surface area (Å²) in [6.07, 6.45) is 5.77. The molecule has 0 saturated heterocycles. The minimum atomic E-state index is 0.107. The first-order valence-electron chi connectivity index (χ1n) is 8.71. The molecule has 4 nitrogen and oxygen atoms in total. The molecular formula is C21H19N3OS. The number of rotatable bonds is 4. The Morgan fingerprint density at radius 3 is 2.08 bits per heavy atom. The summed E-state index contributed by atoms with van der Waals surface area (Å²) in [5.74, 6) is 0.763. The van der Waals surface area contributed by atoms with Crippen molar-refractivity contribution in [1.82, 2.24) is 9.97 Å². The van der Waals surface area contributed by atoms with Gasteiger partial charge in [0.15, 0.2) is 5.16 Å². The molecule has 0 saturated carbocycles. The maximum Gasteiger partial charge on any atom is 0.232 e. The number of fused-ring (bicyclic) bond motifs is 2. The molecule has 0 radical (unpaired) electrons. The van der Waals surface area contributed by atoms with Crippen LogP contribution in [0.15, 0.2) is 72.1 Å². The highest BCUT2D eigenvalue weighted by Crippen LogP contribution is 2.36. The summed E-state index contributed by atoms with van der Waals surface area (Å²) in [7, 11) is 0. The first-order valence-corrected chi connectivity index (χ1v) is 9.70. The maximum absolute atomic E-state index is 13.1. The number of carbonyl (C=O) groups is 1. The van der Waals surface area contributed by atoms with E-state index in [9.17, 15) is 4.79 Å². The van der Waals surface area contributed by atoms with Crippen LogP contribution < -0.4 is 4.90 Å². The van der Waals surface area contributed by atoms with Crippen molar-refractivity contribution in [1.29, 1.82) is 0 Å². The monoisotopic (exact) mass is 361 g/mol. The van der Waals surface area contributed by atoms with E-state index in [4.69, 9.17) is 0 Å². The molecule has 0 atom stereocenters. The molecule has 0 bridgehead atoms. The Balaban J connectivity index is 1.59. The Bertz CT molecular complexity index is 866. The van der Waals surface area contributed by atoms with Gasteiger partial charge in [0.2, 0.25) is 5.91 Å². The Labute approximate surface area is 157 Å². The average Bonchev–Trinajstić information content (AvgIpc) is 2.85. The molecule has 0 N–H and O–H groups in total. The van der Waals surface area contributed by atoms with Crippen molar-refractivity contribution < 1.29 is 4.79 Å². The van der Waals surface area contributed by atoms with Gasteiger partial charge in [0.05, 0.1) is 11.4 Å². The fourth-order valence-electron chi connectivity index (χ4n) is 3.25. The molecule has 2 heterocycles. The fraction of sp³-hybridized carbons (Fsp3) is 0.190. The molecule has 1 aliphatic heterocycles. The Kier molecular flexibility index (Phi) is 4.97. The van der Waals surface area contributed by atoms with Gasteiger partial charge in [0.25, 0.3) is 0 Å². The molecule has 4 rings (SSSR count). The van der Waals surface area contributed by atoms with Crippen LogP contribution in [0, 0.1) is 0 Å². The number of amides is 1. The smallest absolute Gasteiger partial charge is 0.232 e. The van der Waals surface area contributed by atoms with Crippen molar-refractivity contribution in [2.45, 2.75) is 24.4 Å². The van der Waals surface area contributed by atoms with Gasteiger partial charge in [-0.2, -0.15) is 0 Å². The summed E-state index contributed by atoms with van der Waals surface area (Å²) in [6, 6.07) is 18.2. The van der Waals surface area contributed by atoms with Gasteiger partial charge in [-0.3, -0.25) is 9.69 Å². The molecule has 2 aromatic carbocycles. The summed E-state index contributed by atoms with van der Waals surface area (Å²) in [4.78, 5) is 23.4. The van der Waals surface area contributed by atoms with Crippen LogP contribution in [0.4, 0.5) is 11.4 Å². The number of aromatic nitrogens is 2. The number of para-hydroxylation sites is 2.